The number of aryl methyl sites for hydroxylation is 3. The summed E-state index contributed by atoms with van der Waals surface area (Å²) in [5.74, 6) is 0.00321. The number of carbonyl (C=O) groups is 1. The van der Waals surface area contributed by atoms with Crippen molar-refractivity contribution in [3.8, 4) is 11.3 Å². The van der Waals surface area contributed by atoms with Crippen LogP contribution < -0.4 is 0 Å². The quantitative estimate of drug-likeness (QED) is 0.447. The van der Waals surface area contributed by atoms with Crippen molar-refractivity contribution < 1.29 is 4.79 Å². The lowest BCUT2D eigenvalue weighted by atomic mass is 9.99. The summed E-state index contributed by atoms with van der Waals surface area (Å²) in [5, 5.41) is 5.12. The van der Waals surface area contributed by atoms with Crippen LogP contribution in [0.1, 0.15) is 40.9 Å². The lowest BCUT2D eigenvalue weighted by Gasteiger charge is -2.27. The lowest BCUT2D eigenvalue weighted by molar-refractivity contribution is 0.0692. The number of benzene rings is 2. The third-order valence-corrected chi connectivity index (χ3v) is 5.60. The molecule has 4 rings (SSSR count). The highest BCUT2D eigenvalue weighted by Crippen LogP contribution is 2.29. The number of hydrogen-bond acceptors (Lipinski definition) is 3. The minimum atomic E-state index is 0.00321. The Bertz CT molecular complexity index is 1260. The summed E-state index contributed by atoms with van der Waals surface area (Å²) in [6.45, 7) is 8.77. The van der Waals surface area contributed by atoms with Gasteiger partial charge in [0.15, 0.2) is 0 Å². The molecule has 158 valence electrons. The molecule has 0 aliphatic heterocycles. The van der Waals surface area contributed by atoms with Crippen molar-refractivity contribution in [1.29, 1.82) is 0 Å². The number of fused-ring (bicyclic) bond motifs is 1. The fourth-order valence-corrected chi connectivity index (χ4v) is 3.99. The topological polar surface area (TPSA) is 51.0 Å². The number of rotatable bonds is 5. The number of nitrogens with zero attached hydrogens (tertiary/aromatic N) is 4. The Labute approximate surface area is 183 Å². The van der Waals surface area contributed by atoms with Crippen molar-refractivity contribution in [3.63, 3.8) is 0 Å². The first kappa shape index (κ1) is 20.8. The molecular formula is C26H28N4O. The van der Waals surface area contributed by atoms with E-state index in [1.54, 1.807) is 4.68 Å². The van der Waals surface area contributed by atoms with Gasteiger partial charge in [0, 0.05) is 42.3 Å². The molecule has 0 aliphatic rings. The minimum absolute atomic E-state index is 0.00321. The highest BCUT2D eigenvalue weighted by molar-refractivity contribution is 6.07. The van der Waals surface area contributed by atoms with Gasteiger partial charge in [-0.2, -0.15) is 5.10 Å². The first-order chi connectivity index (χ1) is 14.8. The second-order valence-electron chi connectivity index (χ2n) is 8.44. The van der Waals surface area contributed by atoms with Gasteiger partial charge >= 0.3 is 0 Å². The second kappa shape index (κ2) is 8.34. The molecule has 0 saturated heterocycles. The van der Waals surface area contributed by atoms with E-state index in [-0.39, 0.29) is 11.9 Å². The van der Waals surface area contributed by atoms with Crippen molar-refractivity contribution in [1.82, 2.24) is 19.7 Å². The molecule has 5 nitrogen and oxygen atoms in total. The van der Waals surface area contributed by atoms with Crippen LogP contribution in [0.3, 0.4) is 0 Å². The van der Waals surface area contributed by atoms with E-state index in [1.807, 2.05) is 68.5 Å². The number of para-hydroxylation sites is 1. The van der Waals surface area contributed by atoms with Gasteiger partial charge in [-0.1, -0.05) is 42.0 Å². The number of aromatic nitrogens is 3. The minimum Gasteiger partial charge on any atom is -0.332 e. The predicted octanol–water partition coefficient (Wildman–Crippen LogP) is 5.30. The van der Waals surface area contributed by atoms with Crippen molar-refractivity contribution in [2.45, 2.75) is 40.3 Å². The zero-order valence-electron chi connectivity index (χ0n) is 18.8. The molecule has 5 heteroatoms. The fraction of sp³-hybridized carbons (Fsp3) is 0.269. The monoisotopic (exact) mass is 412 g/mol. The SMILES string of the molecule is Cc1ccc(-c2cc(C(=O)N(Cc3cnn(C)c3)C(C)C)c3ccccc3n2)c(C)c1. The summed E-state index contributed by atoms with van der Waals surface area (Å²) in [6.07, 6.45) is 3.77. The van der Waals surface area contributed by atoms with Crippen LogP contribution >= 0.6 is 0 Å². The van der Waals surface area contributed by atoms with E-state index in [0.29, 0.717) is 12.1 Å². The Balaban J connectivity index is 1.83. The molecule has 2 heterocycles. The van der Waals surface area contributed by atoms with Gasteiger partial charge in [0.05, 0.1) is 23.0 Å². The number of hydrogen-bond donors (Lipinski definition) is 0. The van der Waals surface area contributed by atoms with Crippen LogP contribution in [0.25, 0.3) is 22.2 Å². The summed E-state index contributed by atoms with van der Waals surface area (Å²) in [6, 6.07) is 16.2. The molecular weight excluding hydrogens is 384 g/mol. The van der Waals surface area contributed by atoms with Crippen molar-refractivity contribution >= 4 is 16.8 Å². The first-order valence-electron chi connectivity index (χ1n) is 10.6. The zero-order chi connectivity index (χ0) is 22.1. The standard InChI is InChI=1S/C26H28N4O/c1-17(2)30(16-20-14-27-29(5)15-20)26(31)23-13-25(21-11-10-18(3)12-19(21)4)28-24-9-7-6-8-22(23)24/h6-15,17H,16H2,1-5H3. The predicted molar refractivity (Wildman–Crippen MR) is 125 cm³/mol. The van der Waals surface area contributed by atoms with Crippen LogP contribution in [-0.4, -0.2) is 31.6 Å². The highest BCUT2D eigenvalue weighted by Gasteiger charge is 2.23. The molecule has 0 bridgehead atoms. The van der Waals surface area contributed by atoms with Gasteiger partial charge < -0.3 is 4.90 Å². The average Bonchev–Trinajstić information content (AvgIpc) is 3.15. The van der Waals surface area contributed by atoms with E-state index in [1.165, 1.54) is 5.56 Å². The summed E-state index contributed by atoms with van der Waals surface area (Å²) < 4.78 is 1.76. The van der Waals surface area contributed by atoms with E-state index in [4.69, 9.17) is 4.98 Å². The Morgan fingerprint density at radius 2 is 1.87 bits per heavy atom. The van der Waals surface area contributed by atoms with Crippen molar-refractivity contribution in [2.24, 2.45) is 7.05 Å². The van der Waals surface area contributed by atoms with Crippen LogP contribution in [0.4, 0.5) is 0 Å². The van der Waals surface area contributed by atoms with Gasteiger partial charge in [-0.05, 0) is 45.4 Å². The van der Waals surface area contributed by atoms with Gasteiger partial charge in [0.25, 0.3) is 5.91 Å². The van der Waals surface area contributed by atoms with Gasteiger partial charge in [-0.15, -0.1) is 0 Å². The van der Waals surface area contributed by atoms with Crippen LogP contribution in [-0.2, 0) is 13.6 Å². The van der Waals surface area contributed by atoms with Crippen molar-refractivity contribution in [2.75, 3.05) is 0 Å². The number of pyridine rings is 1. The zero-order valence-corrected chi connectivity index (χ0v) is 18.8. The van der Waals surface area contributed by atoms with E-state index in [2.05, 4.69) is 37.1 Å². The van der Waals surface area contributed by atoms with Gasteiger partial charge in [0.1, 0.15) is 0 Å². The molecule has 0 radical (unpaired) electrons. The van der Waals surface area contributed by atoms with Crippen LogP contribution in [0.5, 0.6) is 0 Å². The van der Waals surface area contributed by atoms with Gasteiger partial charge in [-0.3, -0.25) is 9.48 Å². The smallest absolute Gasteiger partial charge is 0.255 e. The third-order valence-electron chi connectivity index (χ3n) is 5.60. The maximum Gasteiger partial charge on any atom is 0.255 e. The molecule has 2 aromatic carbocycles. The Morgan fingerprint density at radius 1 is 1.10 bits per heavy atom. The molecule has 2 aromatic heterocycles. The molecule has 1 amide bonds. The number of carbonyl (C=O) groups excluding carboxylic acids is 1. The molecule has 0 N–H and O–H groups in total. The summed E-state index contributed by atoms with van der Waals surface area (Å²) >= 11 is 0. The molecule has 0 saturated carbocycles. The fourth-order valence-electron chi connectivity index (χ4n) is 3.99. The maximum atomic E-state index is 13.8. The number of amides is 1. The molecule has 0 fully saturated rings. The van der Waals surface area contributed by atoms with E-state index in [9.17, 15) is 4.79 Å². The van der Waals surface area contributed by atoms with Gasteiger partial charge in [-0.25, -0.2) is 4.98 Å². The first-order valence-corrected chi connectivity index (χ1v) is 10.6. The van der Waals surface area contributed by atoms with E-state index in [0.717, 1.165) is 33.3 Å². The van der Waals surface area contributed by atoms with Crippen LogP contribution in [0.2, 0.25) is 0 Å². The Morgan fingerprint density at radius 3 is 2.55 bits per heavy atom. The molecule has 4 aromatic rings. The normalized spacial score (nSPS) is 11.3. The van der Waals surface area contributed by atoms with Crippen LogP contribution in [0.15, 0.2) is 60.9 Å². The summed E-state index contributed by atoms with van der Waals surface area (Å²) in [5.41, 5.74) is 6.75. The Kier molecular flexibility index (Phi) is 5.59. The van der Waals surface area contributed by atoms with E-state index < -0.39 is 0 Å². The maximum absolute atomic E-state index is 13.8. The molecule has 0 spiro atoms. The van der Waals surface area contributed by atoms with Crippen molar-refractivity contribution in [3.05, 3.63) is 83.2 Å². The Hall–Kier alpha value is -3.47. The highest BCUT2D eigenvalue weighted by atomic mass is 16.2. The molecule has 0 atom stereocenters. The molecule has 31 heavy (non-hydrogen) atoms. The van der Waals surface area contributed by atoms with Crippen LogP contribution in [0, 0.1) is 13.8 Å². The molecule has 0 aliphatic carbocycles. The van der Waals surface area contributed by atoms with Gasteiger partial charge in [0.2, 0.25) is 0 Å². The third kappa shape index (κ3) is 4.22. The lowest BCUT2D eigenvalue weighted by Crippen LogP contribution is -2.36. The average molecular weight is 413 g/mol. The molecule has 0 unspecified atom stereocenters. The summed E-state index contributed by atoms with van der Waals surface area (Å²) in [4.78, 5) is 20.6. The second-order valence-corrected chi connectivity index (χ2v) is 8.44. The van der Waals surface area contributed by atoms with E-state index >= 15 is 0 Å². The largest absolute Gasteiger partial charge is 0.332 e. The summed E-state index contributed by atoms with van der Waals surface area (Å²) in [7, 11) is 1.89.